The van der Waals surface area contributed by atoms with E-state index in [2.05, 4.69) is 52.4 Å². The maximum atomic E-state index is 11.9. The topological polar surface area (TPSA) is 45.7 Å². The van der Waals surface area contributed by atoms with Crippen molar-refractivity contribution < 1.29 is 17.9 Å². The van der Waals surface area contributed by atoms with Crippen molar-refractivity contribution in [3.8, 4) is 0 Å². The molecule has 0 saturated heterocycles. The Labute approximate surface area is 164 Å². The zero-order valence-electron chi connectivity index (χ0n) is 14.8. The van der Waals surface area contributed by atoms with Crippen LogP contribution in [0.1, 0.15) is 30.4 Å². The van der Waals surface area contributed by atoms with Crippen molar-refractivity contribution in [2.45, 2.75) is 32.4 Å². The Kier molecular flexibility index (Phi) is 11.8. The molecule has 1 aromatic carbocycles. The van der Waals surface area contributed by atoms with Crippen molar-refractivity contribution in [1.82, 2.24) is 10.6 Å². The first kappa shape index (κ1) is 24.0. The molecule has 0 heterocycles. The fraction of sp³-hybridized carbons (Fsp3) is 0.588. The third kappa shape index (κ3) is 11.2. The molecule has 0 amide bonds. The van der Waals surface area contributed by atoms with Gasteiger partial charge in [0.15, 0.2) is 5.96 Å². The Morgan fingerprint density at radius 1 is 1.28 bits per heavy atom. The van der Waals surface area contributed by atoms with E-state index in [0.717, 1.165) is 0 Å². The summed E-state index contributed by atoms with van der Waals surface area (Å²) in [7, 11) is 1.66. The van der Waals surface area contributed by atoms with Gasteiger partial charge in [-0.1, -0.05) is 36.8 Å². The Balaban J connectivity index is 0.00000576. The average Bonchev–Trinajstić information content (AvgIpc) is 2.52. The van der Waals surface area contributed by atoms with Crippen molar-refractivity contribution >= 4 is 29.9 Å². The number of aliphatic imine (C=N–C) groups is 1. The Hall–Kier alpha value is -1.03. The first-order valence-corrected chi connectivity index (χ1v) is 7.97. The largest absolute Gasteiger partial charge is 0.411 e. The lowest BCUT2D eigenvalue weighted by atomic mass is 9.99. The standard InChI is InChI=1S/C17H26F3N3O.HI/c1-13-6-4-7-15(10-13)14(2)11-23-16(21-3)22-8-5-9-24-12-17(18,19)20;/h4,6-7,10,14H,5,8-9,11-12H2,1-3H3,(H2,21,22,23);1H. The second kappa shape index (κ2) is 12.3. The van der Waals surface area contributed by atoms with Crippen LogP contribution in [0.4, 0.5) is 13.2 Å². The van der Waals surface area contributed by atoms with Gasteiger partial charge in [0.2, 0.25) is 0 Å². The molecule has 0 aliphatic heterocycles. The molecule has 1 unspecified atom stereocenters. The molecule has 144 valence electrons. The second-order valence-corrected chi connectivity index (χ2v) is 5.72. The van der Waals surface area contributed by atoms with E-state index in [0.29, 0.717) is 31.4 Å². The van der Waals surface area contributed by atoms with Crippen molar-refractivity contribution in [2.75, 3.05) is 33.4 Å². The lowest BCUT2D eigenvalue weighted by Crippen LogP contribution is -2.39. The predicted octanol–water partition coefficient (Wildman–Crippen LogP) is 3.85. The summed E-state index contributed by atoms with van der Waals surface area (Å²) in [5, 5.41) is 6.28. The summed E-state index contributed by atoms with van der Waals surface area (Å²) in [4.78, 5) is 4.10. The highest BCUT2D eigenvalue weighted by molar-refractivity contribution is 14.0. The number of alkyl halides is 3. The minimum absolute atomic E-state index is 0. The molecule has 0 spiro atoms. The van der Waals surface area contributed by atoms with Crippen LogP contribution in [0.3, 0.4) is 0 Å². The summed E-state index contributed by atoms with van der Waals surface area (Å²) >= 11 is 0. The molecule has 0 saturated carbocycles. The van der Waals surface area contributed by atoms with Crippen LogP contribution in [0.5, 0.6) is 0 Å². The van der Waals surface area contributed by atoms with Crippen LogP contribution < -0.4 is 10.6 Å². The van der Waals surface area contributed by atoms with Crippen LogP contribution in [0.2, 0.25) is 0 Å². The lowest BCUT2D eigenvalue weighted by Gasteiger charge is -2.17. The quantitative estimate of drug-likeness (QED) is 0.261. The number of guanidine groups is 1. The molecule has 0 radical (unpaired) electrons. The number of hydrogen-bond acceptors (Lipinski definition) is 2. The molecular weight excluding hydrogens is 446 g/mol. The SMILES string of the molecule is CN=C(NCCCOCC(F)(F)F)NCC(C)c1cccc(C)c1.I. The van der Waals surface area contributed by atoms with Crippen molar-refractivity contribution in [3.63, 3.8) is 0 Å². The number of aryl methyl sites for hydroxylation is 1. The van der Waals surface area contributed by atoms with Gasteiger partial charge in [-0.2, -0.15) is 13.2 Å². The van der Waals surface area contributed by atoms with Gasteiger partial charge in [0, 0.05) is 26.7 Å². The van der Waals surface area contributed by atoms with E-state index in [1.54, 1.807) is 7.05 Å². The molecule has 4 nitrogen and oxygen atoms in total. The van der Waals surface area contributed by atoms with Gasteiger partial charge in [0.25, 0.3) is 0 Å². The summed E-state index contributed by atoms with van der Waals surface area (Å²) in [6, 6.07) is 8.34. The van der Waals surface area contributed by atoms with Crippen molar-refractivity contribution in [3.05, 3.63) is 35.4 Å². The molecule has 0 fully saturated rings. The Morgan fingerprint density at radius 3 is 2.60 bits per heavy atom. The summed E-state index contributed by atoms with van der Waals surface area (Å²) < 4.78 is 40.3. The van der Waals surface area contributed by atoms with Gasteiger partial charge in [-0.3, -0.25) is 4.99 Å². The van der Waals surface area contributed by atoms with E-state index < -0.39 is 12.8 Å². The lowest BCUT2D eigenvalue weighted by molar-refractivity contribution is -0.173. The Bertz CT molecular complexity index is 524. The monoisotopic (exact) mass is 473 g/mol. The number of hydrogen-bond donors (Lipinski definition) is 2. The molecule has 8 heteroatoms. The van der Waals surface area contributed by atoms with Crippen molar-refractivity contribution in [2.24, 2.45) is 4.99 Å². The van der Waals surface area contributed by atoms with Gasteiger partial charge in [0.1, 0.15) is 6.61 Å². The zero-order chi connectivity index (χ0) is 18.0. The highest BCUT2D eigenvalue weighted by atomic mass is 127. The first-order chi connectivity index (χ1) is 11.3. The van der Waals surface area contributed by atoms with E-state index in [9.17, 15) is 13.2 Å². The number of ether oxygens (including phenoxy) is 1. The minimum atomic E-state index is -4.27. The predicted molar refractivity (Wildman–Crippen MR) is 106 cm³/mol. The summed E-state index contributed by atoms with van der Waals surface area (Å²) in [5.41, 5.74) is 2.47. The summed E-state index contributed by atoms with van der Waals surface area (Å²) in [6.07, 6.45) is -3.79. The summed E-state index contributed by atoms with van der Waals surface area (Å²) in [5.74, 6) is 0.948. The molecule has 1 rings (SSSR count). The van der Waals surface area contributed by atoms with Crippen molar-refractivity contribution in [1.29, 1.82) is 0 Å². The van der Waals surface area contributed by atoms with Gasteiger partial charge in [-0.15, -0.1) is 24.0 Å². The number of rotatable bonds is 8. The molecule has 25 heavy (non-hydrogen) atoms. The highest BCUT2D eigenvalue weighted by Crippen LogP contribution is 2.15. The number of halogens is 4. The smallest absolute Gasteiger partial charge is 0.372 e. The van der Waals surface area contributed by atoms with E-state index in [1.165, 1.54) is 11.1 Å². The molecule has 1 atom stereocenters. The normalized spacial score (nSPS) is 13.1. The van der Waals surface area contributed by atoms with Crippen LogP contribution in [0.15, 0.2) is 29.3 Å². The molecule has 1 aromatic rings. The maximum absolute atomic E-state index is 11.9. The molecule has 0 aliphatic rings. The van der Waals surface area contributed by atoms with Crippen LogP contribution in [0.25, 0.3) is 0 Å². The number of nitrogens with one attached hydrogen (secondary N) is 2. The first-order valence-electron chi connectivity index (χ1n) is 7.97. The molecular formula is C17H27F3IN3O. The third-order valence-corrected chi connectivity index (χ3v) is 3.43. The molecule has 0 aromatic heterocycles. The van der Waals surface area contributed by atoms with Gasteiger partial charge in [-0.05, 0) is 24.8 Å². The van der Waals surface area contributed by atoms with Gasteiger partial charge < -0.3 is 15.4 Å². The van der Waals surface area contributed by atoms with Crippen LogP contribution >= 0.6 is 24.0 Å². The second-order valence-electron chi connectivity index (χ2n) is 5.72. The average molecular weight is 473 g/mol. The maximum Gasteiger partial charge on any atom is 0.411 e. The van der Waals surface area contributed by atoms with Crippen LogP contribution in [0, 0.1) is 6.92 Å². The fourth-order valence-corrected chi connectivity index (χ4v) is 2.13. The number of nitrogens with zero attached hydrogens (tertiary/aromatic N) is 1. The molecule has 2 N–H and O–H groups in total. The van der Waals surface area contributed by atoms with Gasteiger partial charge in [0.05, 0.1) is 0 Å². The van der Waals surface area contributed by atoms with Gasteiger partial charge in [-0.25, -0.2) is 0 Å². The van der Waals surface area contributed by atoms with Crippen LogP contribution in [-0.2, 0) is 4.74 Å². The zero-order valence-corrected chi connectivity index (χ0v) is 17.2. The van der Waals surface area contributed by atoms with Crippen LogP contribution in [-0.4, -0.2) is 45.5 Å². The van der Waals surface area contributed by atoms with E-state index in [1.807, 2.05) is 6.07 Å². The summed E-state index contributed by atoms with van der Waals surface area (Å²) in [6.45, 7) is 4.26. The van der Waals surface area contributed by atoms with E-state index >= 15 is 0 Å². The molecule has 0 aliphatic carbocycles. The third-order valence-electron chi connectivity index (χ3n) is 3.43. The van der Waals surface area contributed by atoms with Gasteiger partial charge >= 0.3 is 6.18 Å². The van der Waals surface area contributed by atoms with E-state index in [4.69, 9.17) is 0 Å². The molecule has 0 bridgehead atoms. The van der Waals surface area contributed by atoms with E-state index in [-0.39, 0.29) is 30.6 Å². The minimum Gasteiger partial charge on any atom is -0.372 e. The number of benzene rings is 1. The Morgan fingerprint density at radius 2 is 2.00 bits per heavy atom. The highest BCUT2D eigenvalue weighted by Gasteiger charge is 2.27. The fourth-order valence-electron chi connectivity index (χ4n) is 2.13.